The summed E-state index contributed by atoms with van der Waals surface area (Å²) in [5, 5.41) is 0. The molecule has 1 rings (SSSR count). The lowest BCUT2D eigenvalue weighted by Crippen LogP contribution is -2.41. The van der Waals surface area contributed by atoms with Crippen LogP contribution in [0.25, 0.3) is 0 Å². The highest BCUT2D eigenvalue weighted by Crippen LogP contribution is 2.19. The first-order valence-corrected chi connectivity index (χ1v) is 5.65. The molecule has 0 aromatic carbocycles. The molecule has 0 radical (unpaired) electrons. The molecular weight excluding hydrogens is 210 g/mol. The lowest BCUT2D eigenvalue weighted by molar-refractivity contribution is -0.151. The summed E-state index contributed by atoms with van der Waals surface area (Å²) >= 11 is 0. The molecule has 0 spiro atoms. The highest BCUT2D eigenvalue weighted by Gasteiger charge is 2.34. The number of esters is 1. The highest BCUT2D eigenvalue weighted by molar-refractivity contribution is 5.85. The molecule has 1 atom stereocenters. The number of hydrogen-bond donors (Lipinski definition) is 0. The predicted octanol–water partition coefficient (Wildman–Crippen LogP) is 0.577. The Bertz CT molecular complexity index is 254. The van der Waals surface area contributed by atoms with Crippen molar-refractivity contribution < 1.29 is 19.1 Å². The Morgan fingerprint density at radius 2 is 2.19 bits per heavy atom. The first-order chi connectivity index (χ1) is 7.70. The van der Waals surface area contributed by atoms with Crippen LogP contribution in [0.15, 0.2) is 0 Å². The van der Waals surface area contributed by atoms with Crippen LogP contribution in [0.5, 0.6) is 0 Å². The molecule has 92 valence electrons. The van der Waals surface area contributed by atoms with Crippen molar-refractivity contribution in [3.8, 4) is 0 Å². The van der Waals surface area contributed by atoms with Crippen LogP contribution in [0.2, 0.25) is 0 Å². The van der Waals surface area contributed by atoms with Crippen LogP contribution < -0.4 is 0 Å². The summed E-state index contributed by atoms with van der Waals surface area (Å²) in [4.78, 5) is 24.8. The number of hydrogen-bond acceptors (Lipinski definition) is 4. The average Bonchev–Trinajstić information content (AvgIpc) is 2.77. The van der Waals surface area contributed by atoms with Gasteiger partial charge in [0.05, 0.1) is 20.1 Å². The zero-order valence-electron chi connectivity index (χ0n) is 9.90. The van der Waals surface area contributed by atoms with Crippen molar-refractivity contribution in [3.05, 3.63) is 0 Å². The number of methoxy groups -OCH3 is 1. The van der Waals surface area contributed by atoms with Gasteiger partial charge in [-0.05, 0) is 19.8 Å². The molecule has 0 aromatic heterocycles. The number of amides is 1. The highest BCUT2D eigenvalue weighted by atomic mass is 16.5. The largest absolute Gasteiger partial charge is 0.467 e. The SMILES string of the molecule is CCOCCC(=O)N1CCCC1C(=O)OC. The van der Waals surface area contributed by atoms with Gasteiger partial charge < -0.3 is 14.4 Å². The van der Waals surface area contributed by atoms with Gasteiger partial charge in [0.2, 0.25) is 5.91 Å². The summed E-state index contributed by atoms with van der Waals surface area (Å²) in [5.41, 5.74) is 0. The molecule has 0 aliphatic carbocycles. The first-order valence-electron chi connectivity index (χ1n) is 5.65. The fourth-order valence-corrected chi connectivity index (χ4v) is 1.89. The summed E-state index contributed by atoms with van der Waals surface area (Å²) in [6, 6.07) is -0.390. The van der Waals surface area contributed by atoms with E-state index >= 15 is 0 Å². The van der Waals surface area contributed by atoms with E-state index in [0.29, 0.717) is 32.6 Å². The molecule has 0 saturated carbocycles. The van der Waals surface area contributed by atoms with E-state index in [1.54, 1.807) is 4.90 Å². The number of carbonyl (C=O) groups excluding carboxylic acids is 2. The van der Waals surface area contributed by atoms with E-state index in [2.05, 4.69) is 4.74 Å². The molecule has 0 bridgehead atoms. The second-order valence-electron chi connectivity index (χ2n) is 3.72. The van der Waals surface area contributed by atoms with Crippen molar-refractivity contribution in [1.29, 1.82) is 0 Å². The van der Waals surface area contributed by atoms with E-state index in [9.17, 15) is 9.59 Å². The van der Waals surface area contributed by atoms with Crippen LogP contribution in [-0.4, -0.2) is 49.7 Å². The fraction of sp³-hybridized carbons (Fsp3) is 0.818. The van der Waals surface area contributed by atoms with Gasteiger partial charge in [-0.25, -0.2) is 4.79 Å². The van der Waals surface area contributed by atoms with Gasteiger partial charge in [-0.2, -0.15) is 0 Å². The third-order valence-electron chi connectivity index (χ3n) is 2.71. The molecule has 16 heavy (non-hydrogen) atoms. The van der Waals surface area contributed by atoms with Gasteiger partial charge in [0.15, 0.2) is 0 Å². The van der Waals surface area contributed by atoms with Crippen LogP contribution in [0.1, 0.15) is 26.2 Å². The van der Waals surface area contributed by atoms with E-state index < -0.39 is 0 Å². The number of ether oxygens (including phenoxy) is 2. The third kappa shape index (κ3) is 3.20. The van der Waals surface area contributed by atoms with Crippen molar-refractivity contribution in [2.24, 2.45) is 0 Å². The van der Waals surface area contributed by atoms with Crippen molar-refractivity contribution in [2.75, 3.05) is 26.9 Å². The van der Waals surface area contributed by atoms with Crippen LogP contribution >= 0.6 is 0 Å². The second-order valence-corrected chi connectivity index (χ2v) is 3.72. The van der Waals surface area contributed by atoms with Gasteiger partial charge >= 0.3 is 5.97 Å². The van der Waals surface area contributed by atoms with Gasteiger partial charge in [0, 0.05) is 13.2 Å². The summed E-state index contributed by atoms with van der Waals surface area (Å²) in [6.07, 6.45) is 1.90. The van der Waals surface area contributed by atoms with E-state index in [0.717, 1.165) is 6.42 Å². The minimum absolute atomic E-state index is 0.0265. The molecule has 1 heterocycles. The van der Waals surface area contributed by atoms with Crippen LogP contribution in [0.3, 0.4) is 0 Å². The minimum Gasteiger partial charge on any atom is -0.467 e. The average molecular weight is 229 g/mol. The first kappa shape index (κ1) is 13.0. The standard InChI is InChI=1S/C11H19NO4/c1-3-16-8-6-10(13)12-7-4-5-9(12)11(14)15-2/h9H,3-8H2,1-2H3. The minimum atomic E-state index is -0.390. The van der Waals surface area contributed by atoms with E-state index in [1.807, 2.05) is 6.92 Å². The maximum Gasteiger partial charge on any atom is 0.328 e. The number of rotatable bonds is 5. The molecule has 5 nitrogen and oxygen atoms in total. The number of carbonyl (C=O) groups is 2. The summed E-state index contributed by atoms with van der Waals surface area (Å²) < 4.78 is 9.80. The van der Waals surface area contributed by atoms with Gasteiger partial charge in [-0.15, -0.1) is 0 Å². The maximum atomic E-state index is 11.8. The Balaban J connectivity index is 2.44. The van der Waals surface area contributed by atoms with Gasteiger partial charge in [0.25, 0.3) is 0 Å². The summed E-state index contributed by atoms with van der Waals surface area (Å²) in [6.45, 7) is 3.55. The van der Waals surface area contributed by atoms with Crippen LogP contribution in [-0.2, 0) is 19.1 Å². The second kappa shape index (κ2) is 6.48. The monoisotopic (exact) mass is 229 g/mol. The van der Waals surface area contributed by atoms with E-state index in [1.165, 1.54) is 7.11 Å². The Morgan fingerprint density at radius 3 is 2.81 bits per heavy atom. The van der Waals surface area contributed by atoms with Gasteiger partial charge in [0.1, 0.15) is 6.04 Å². The molecule has 1 saturated heterocycles. The fourth-order valence-electron chi connectivity index (χ4n) is 1.89. The molecule has 5 heteroatoms. The van der Waals surface area contributed by atoms with Crippen LogP contribution in [0.4, 0.5) is 0 Å². The van der Waals surface area contributed by atoms with Crippen molar-refractivity contribution >= 4 is 11.9 Å². The third-order valence-corrected chi connectivity index (χ3v) is 2.71. The lowest BCUT2D eigenvalue weighted by atomic mass is 10.2. The maximum absolute atomic E-state index is 11.8. The molecule has 0 N–H and O–H groups in total. The molecule has 1 aliphatic heterocycles. The smallest absolute Gasteiger partial charge is 0.328 e. The molecule has 0 aromatic rings. The molecule has 1 fully saturated rings. The van der Waals surface area contributed by atoms with Crippen LogP contribution in [0, 0.1) is 0 Å². The number of likely N-dealkylation sites (tertiary alicyclic amines) is 1. The van der Waals surface area contributed by atoms with Crippen molar-refractivity contribution in [3.63, 3.8) is 0 Å². The molecule has 1 unspecified atom stereocenters. The van der Waals surface area contributed by atoms with Crippen molar-refractivity contribution in [1.82, 2.24) is 4.90 Å². The quantitative estimate of drug-likeness (QED) is 0.511. The zero-order chi connectivity index (χ0) is 12.0. The molecular formula is C11H19NO4. The Hall–Kier alpha value is -1.10. The Kier molecular flexibility index (Phi) is 5.25. The Morgan fingerprint density at radius 1 is 1.44 bits per heavy atom. The zero-order valence-corrected chi connectivity index (χ0v) is 9.90. The molecule has 1 amide bonds. The predicted molar refractivity (Wildman–Crippen MR) is 57.9 cm³/mol. The Labute approximate surface area is 95.7 Å². The van der Waals surface area contributed by atoms with Crippen molar-refractivity contribution in [2.45, 2.75) is 32.2 Å². The molecule has 1 aliphatic rings. The number of nitrogens with zero attached hydrogens (tertiary/aromatic N) is 1. The van der Waals surface area contributed by atoms with E-state index in [-0.39, 0.29) is 17.9 Å². The lowest BCUT2D eigenvalue weighted by Gasteiger charge is -2.22. The summed E-state index contributed by atoms with van der Waals surface area (Å²) in [7, 11) is 1.35. The van der Waals surface area contributed by atoms with E-state index in [4.69, 9.17) is 4.74 Å². The van der Waals surface area contributed by atoms with Gasteiger partial charge in [-0.3, -0.25) is 4.79 Å². The van der Waals surface area contributed by atoms with Gasteiger partial charge in [-0.1, -0.05) is 0 Å². The summed E-state index contributed by atoms with van der Waals surface area (Å²) in [5.74, 6) is -0.344. The topological polar surface area (TPSA) is 55.8 Å². The normalized spacial score (nSPS) is 19.9.